The quantitative estimate of drug-likeness (QED) is 0.874. The van der Waals surface area contributed by atoms with Gasteiger partial charge in [0.05, 0.1) is 11.7 Å². The number of hydrogen-bond donors (Lipinski definition) is 1. The van der Waals surface area contributed by atoms with Gasteiger partial charge in [0.15, 0.2) is 0 Å². The van der Waals surface area contributed by atoms with Crippen molar-refractivity contribution in [3.8, 4) is 0 Å². The molecule has 3 heteroatoms. The Labute approximate surface area is 108 Å². The van der Waals surface area contributed by atoms with Crippen molar-refractivity contribution >= 4 is 16.6 Å². The molecule has 1 saturated carbocycles. The van der Waals surface area contributed by atoms with Gasteiger partial charge in [-0.05, 0) is 37.0 Å². The zero-order valence-corrected chi connectivity index (χ0v) is 11.2. The molecule has 0 bridgehead atoms. The fourth-order valence-corrected chi connectivity index (χ4v) is 3.00. The van der Waals surface area contributed by atoms with E-state index in [-0.39, 0.29) is 0 Å². The number of nitrogens with one attached hydrogen (secondary N) is 1. The summed E-state index contributed by atoms with van der Waals surface area (Å²) in [6, 6.07) is 7.17. The maximum absolute atomic E-state index is 4.29. The second-order valence-electron chi connectivity index (χ2n) is 5.55. The molecule has 2 unspecified atom stereocenters. The molecule has 2 aromatic rings. The monoisotopic (exact) mass is 243 g/mol. The number of nitrogens with zero attached hydrogens (tertiary/aromatic N) is 2. The van der Waals surface area contributed by atoms with Crippen molar-refractivity contribution in [3.05, 3.63) is 24.4 Å². The van der Waals surface area contributed by atoms with Crippen LogP contribution in [0, 0.1) is 5.92 Å². The first-order valence-corrected chi connectivity index (χ1v) is 6.92. The van der Waals surface area contributed by atoms with E-state index in [4.69, 9.17) is 0 Å². The van der Waals surface area contributed by atoms with Gasteiger partial charge in [0.2, 0.25) is 0 Å². The largest absolute Gasteiger partial charge is 0.382 e. The highest BCUT2D eigenvalue weighted by Gasteiger charge is 2.20. The molecule has 96 valence electrons. The third kappa shape index (κ3) is 2.09. The molecule has 0 radical (unpaired) electrons. The molecular formula is C15H21N3. The molecule has 1 aromatic heterocycles. The summed E-state index contributed by atoms with van der Waals surface area (Å²) < 4.78 is 1.92. The smallest absolute Gasteiger partial charge is 0.0680 e. The lowest BCUT2D eigenvalue weighted by molar-refractivity contribution is 0.349. The molecular weight excluding hydrogens is 222 g/mol. The summed E-state index contributed by atoms with van der Waals surface area (Å²) in [5, 5.41) is 9.20. The van der Waals surface area contributed by atoms with Gasteiger partial charge in [-0.15, -0.1) is 0 Å². The molecule has 3 rings (SSSR count). The maximum Gasteiger partial charge on any atom is 0.0680 e. The summed E-state index contributed by atoms with van der Waals surface area (Å²) >= 11 is 0. The predicted octanol–water partition coefficient (Wildman–Crippen LogP) is 3.56. The first-order valence-electron chi connectivity index (χ1n) is 6.92. The Morgan fingerprint density at radius 1 is 1.28 bits per heavy atom. The second kappa shape index (κ2) is 4.63. The van der Waals surface area contributed by atoms with E-state index < -0.39 is 0 Å². The van der Waals surface area contributed by atoms with Crippen LogP contribution in [0.1, 0.15) is 32.6 Å². The van der Waals surface area contributed by atoms with E-state index in [0.29, 0.717) is 6.04 Å². The zero-order chi connectivity index (χ0) is 12.5. The average Bonchev–Trinajstić information content (AvgIpc) is 2.74. The summed E-state index contributed by atoms with van der Waals surface area (Å²) in [7, 11) is 1.98. The normalized spacial score (nSPS) is 24.3. The lowest BCUT2D eigenvalue weighted by Gasteiger charge is -2.30. The van der Waals surface area contributed by atoms with Gasteiger partial charge in [-0.25, -0.2) is 0 Å². The van der Waals surface area contributed by atoms with Crippen LogP contribution in [0.25, 0.3) is 10.9 Å². The maximum atomic E-state index is 4.29. The van der Waals surface area contributed by atoms with Gasteiger partial charge in [0.1, 0.15) is 0 Å². The van der Waals surface area contributed by atoms with Crippen molar-refractivity contribution in [2.24, 2.45) is 13.0 Å². The molecule has 1 N–H and O–H groups in total. The Morgan fingerprint density at radius 2 is 2.11 bits per heavy atom. The van der Waals surface area contributed by atoms with Crippen molar-refractivity contribution < 1.29 is 0 Å². The molecule has 0 spiro atoms. The SMILES string of the molecule is CC1CCCCC1Nc1ccc2c(cnn2C)c1. The molecule has 1 aromatic carbocycles. The summed E-state index contributed by atoms with van der Waals surface area (Å²) in [4.78, 5) is 0. The van der Waals surface area contributed by atoms with Crippen molar-refractivity contribution in [1.82, 2.24) is 9.78 Å². The van der Waals surface area contributed by atoms with Crippen LogP contribution in [0.2, 0.25) is 0 Å². The number of rotatable bonds is 2. The number of benzene rings is 1. The van der Waals surface area contributed by atoms with Gasteiger partial charge in [-0.3, -0.25) is 4.68 Å². The highest BCUT2D eigenvalue weighted by atomic mass is 15.2. The van der Waals surface area contributed by atoms with Crippen LogP contribution >= 0.6 is 0 Å². The van der Waals surface area contributed by atoms with E-state index >= 15 is 0 Å². The van der Waals surface area contributed by atoms with Crippen molar-refractivity contribution in [2.75, 3.05) is 5.32 Å². The molecule has 1 aliphatic carbocycles. The topological polar surface area (TPSA) is 29.9 Å². The molecule has 1 heterocycles. The second-order valence-corrected chi connectivity index (χ2v) is 5.55. The molecule has 0 saturated heterocycles. The van der Waals surface area contributed by atoms with Gasteiger partial charge in [0.25, 0.3) is 0 Å². The highest BCUT2D eigenvalue weighted by Crippen LogP contribution is 2.27. The Bertz CT molecular complexity index is 544. The minimum absolute atomic E-state index is 0.632. The van der Waals surface area contributed by atoms with Crippen molar-refractivity contribution in [1.29, 1.82) is 0 Å². The Morgan fingerprint density at radius 3 is 2.94 bits per heavy atom. The first-order chi connectivity index (χ1) is 8.74. The molecule has 0 aliphatic heterocycles. The highest BCUT2D eigenvalue weighted by molar-refractivity contribution is 5.82. The minimum Gasteiger partial charge on any atom is -0.382 e. The lowest BCUT2D eigenvalue weighted by atomic mass is 9.86. The number of hydrogen-bond acceptors (Lipinski definition) is 2. The lowest BCUT2D eigenvalue weighted by Crippen LogP contribution is -2.30. The van der Waals surface area contributed by atoms with E-state index in [9.17, 15) is 0 Å². The van der Waals surface area contributed by atoms with E-state index in [2.05, 4.69) is 35.5 Å². The van der Waals surface area contributed by atoms with Gasteiger partial charge in [-0.2, -0.15) is 5.10 Å². The number of aromatic nitrogens is 2. The zero-order valence-electron chi connectivity index (χ0n) is 11.2. The van der Waals surface area contributed by atoms with Crippen LogP contribution in [0.4, 0.5) is 5.69 Å². The summed E-state index contributed by atoms with van der Waals surface area (Å²) in [5.74, 6) is 0.781. The van der Waals surface area contributed by atoms with Crippen LogP contribution in [0.5, 0.6) is 0 Å². The van der Waals surface area contributed by atoms with Gasteiger partial charge in [-0.1, -0.05) is 19.8 Å². The van der Waals surface area contributed by atoms with Gasteiger partial charge in [0, 0.05) is 24.2 Å². The molecule has 2 atom stereocenters. The van der Waals surface area contributed by atoms with E-state index in [1.807, 2.05) is 17.9 Å². The molecule has 0 amide bonds. The van der Waals surface area contributed by atoms with Gasteiger partial charge >= 0.3 is 0 Å². The fourth-order valence-electron chi connectivity index (χ4n) is 3.00. The summed E-state index contributed by atoms with van der Waals surface area (Å²) in [6.45, 7) is 2.36. The molecule has 3 nitrogen and oxygen atoms in total. The average molecular weight is 243 g/mol. The predicted molar refractivity (Wildman–Crippen MR) is 75.8 cm³/mol. The van der Waals surface area contributed by atoms with E-state index in [1.54, 1.807) is 0 Å². The first kappa shape index (κ1) is 11.6. The van der Waals surface area contributed by atoms with Crippen molar-refractivity contribution in [3.63, 3.8) is 0 Å². The summed E-state index contributed by atoms with van der Waals surface area (Å²) in [6.07, 6.45) is 7.34. The Balaban J connectivity index is 1.81. The van der Waals surface area contributed by atoms with E-state index in [1.165, 1.54) is 42.3 Å². The molecule has 18 heavy (non-hydrogen) atoms. The van der Waals surface area contributed by atoms with Gasteiger partial charge < -0.3 is 5.32 Å². The van der Waals surface area contributed by atoms with E-state index in [0.717, 1.165) is 5.92 Å². The third-order valence-electron chi connectivity index (χ3n) is 4.21. The standard InChI is InChI=1S/C15H21N3/c1-11-5-3-4-6-14(11)17-13-7-8-15-12(9-13)10-16-18(15)2/h7-11,14,17H,3-6H2,1-2H3. The number of anilines is 1. The molecule has 1 fully saturated rings. The van der Waals surface area contributed by atoms with Crippen molar-refractivity contribution in [2.45, 2.75) is 38.6 Å². The fraction of sp³-hybridized carbons (Fsp3) is 0.533. The van der Waals surface area contributed by atoms with Crippen LogP contribution in [-0.4, -0.2) is 15.8 Å². The van der Waals surface area contributed by atoms with Crippen LogP contribution in [0.3, 0.4) is 0 Å². The number of aryl methyl sites for hydroxylation is 1. The minimum atomic E-state index is 0.632. The van der Waals surface area contributed by atoms with Crippen LogP contribution < -0.4 is 5.32 Å². The summed E-state index contributed by atoms with van der Waals surface area (Å²) in [5.41, 5.74) is 2.42. The van der Waals surface area contributed by atoms with Crippen LogP contribution in [0.15, 0.2) is 24.4 Å². The third-order valence-corrected chi connectivity index (χ3v) is 4.21. The Hall–Kier alpha value is -1.51. The Kier molecular flexibility index (Phi) is 2.98. The van der Waals surface area contributed by atoms with Crippen LogP contribution in [-0.2, 0) is 7.05 Å². The molecule has 1 aliphatic rings. The number of fused-ring (bicyclic) bond motifs is 1.